The summed E-state index contributed by atoms with van der Waals surface area (Å²) in [6.45, 7) is 6.23. The molecule has 4 nitrogen and oxygen atoms in total. The maximum absolute atomic E-state index is 12.9. The fourth-order valence-electron chi connectivity index (χ4n) is 2.16. The average molecular weight is 370 g/mol. The van der Waals surface area contributed by atoms with Gasteiger partial charge in [-0.25, -0.2) is 9.37 Å². The van der Waals surface area contributed by atoms with Crippen molar-refractivity contribution in [3.63, 3.8) is 0 Å². The van der Waals surface area contributed by atoms with E-state index in [1.807, 2.05) is 5.38 Å². The molecule has 134 valence electrons. The summed E-state index contributed by atoms with van der Waals surface area (Å²) < 4.78 is 18.5. The number of rotatable bonds is 4. The van der Waals surface area contributed by atoms with Gasteiger partial charge in [0, 0.05) is 16.4 Å². The Labute approximate surface area is 155 Å². The number of nitrogens with one attached hydrogen (secondary N) is 1. The van der Waals surface area contributed by atoms with Crippen LogP contribution in [0.5, 0.6) is 11.5 Å². The number of nitrogens with zero attached hydrogens (tertiary/aromatic N) is 1. The normalized spacial score (nSPS) is 11.2. The summed E-state index contributed by atoms with van der Waals surface area (Å²) in [4.78, 5) is 16.8. The Bertz CT molecular complexity index is 897. The third-order valence-corrected chi connectivity index (χ3v) is 4.42. The Kier molecular flexibility index (Phi) is 5.04. The number of carbonyl (C=O) groups excluding carboxylic acids is 1. The SMILES string of the molecule is CC(C)(C)c1csc(NC(=O)c2ccc(Oc3ccc(F)cc3)cc2)n1. The molecule has 0 spiro atoms. The van der Waals surface area contributed by atoms with Crippen LogP contribution in [0.15, 0.2) is 53.9 Å². The van der Waals surface area contributed by atoms with Crippen LogP contribution in [0.2, 0.25) is 0 Å². The van der Waals surface area contributed by atoms with E-state index < -0.39 is 0 Å². The Balaban J connectivity index is 1.65. The molecule has 0 bridgehead atoms. The van der Waals surface area contributed by atoms with E-state index >= 15 is 0 Å². The Hall–Kier alpha value is -2.73. The second kappa shape index (κ2) is 7.25. The second-order valence-corrected chi connectivity index (χ2v) is 7.68. The minimum absolute atomic E-state index is 0.0567. The zero-order valence-corrected chi connectivity index (χ0v) is 15.6. The highest BCUT2D eigenvalue weighted by Crippen LogP contribution is 2.27. The first-order valence-electron chi connectivity index (χ1n) is 8.12. The number of carbonyl (C=O) groups is 1. The molecular formula is C20H19FN2O2S. The number of hydrogen-bond acceptors (Lipinski definition) is 4. The molecule has 1 aromatic heterocycles. The Morgan fingerprint density at radius 2 is 1.62 bits per heavy atom. The van der Waals surface area contributed by atoms with Gasteiger partial charge in [-0.05, 0) is 48.5 Å². The predicted octanol–water partition coefficient (Wildman–Crippen LogP) is 5.62. The van der Waals surface area contributed by atoms with E-state index in [1.54, 1.807) is 36.4 Å². The number of ether oxygens (including phenoxy) is 1. The monoisotopic (exact) mass is 370 g/mol. The van der Waals surface area contributed by atoms with Crippen molar-refractivity contribution in [3.05, 3.63) is 71.0 Å². The Morgan fingerprint density at radius 3 is 2.15 bits per heavy atom. The van der Waals surface area contributed by atoms with Crippen molar-refractivity contribution in [2.45, 2.75) is 26.2 Å². The smallest absolute Gasteiger partial charge is 0.257 e. The number of aromatic nitrogens is 1. The second-order valence-electron chi connectivity index (χ2n) is 6.82. The molecule has 0 saturated carbocycles. The molecule has 0 aliphatic heterocycles. The highest BCUT2D eigenvalue weighted by molar-refractivity contribution is 7.14. The summed E-state index contributed by atoms with van der Waals surface area (Å²) in [5, 5.41) is 5.34. The summed E-state index contributed by atoms with van der Waals surface area (Å²) in [5.41, 5.74) is 1.39. The van der Waals surface area contributed by atoms with Crippen molar-refractivity contribution >= 4 is 22.4 Å². The molecule has 0 fully saturated rings. The first-order chi connectivity index (χ1) is 12.3. The minimum atomic E-state index is -0.318. The van der Waals surface area contributed by atoms with Crippen LogP contribution >= 0.6 is 11.3 Å². The van der Waals surface area contributed by atoms with Gasteiger partial charge in [0.2, 0.25) is 0 Å². The van der Waals surface area contributed by atoms with Crippen LogP contribution in [0.3, 0.4) is 0 Å². The fourth-order valence-corrected chi connectivity index (χ4v) is 3.09. The summed E-state index contributed by atoms with van der Waals surface area (Å²) in [7, 11) is 0. The third-order valence-electron chi connectivity index (χ3n) is 3.66. The molecule has 1 N–H and O–H groups in total. The van der Waals surface area contributed by atoms with Crippen LogP contribution in [-0.2, 0) is 5.41 Å². The van der Waals surface area contributed by atoms with Gasteiger partial charge in [0.15, 0.2) is 5.13 Å². The van der Waals surface area contributed by atoms with Crippen LogP contribution in [-0.4, -0.2) is 10.9 Å². The molecule has 26 heavy (non-hydrogen) atoms. The Morgan fingerprint density at radius 1 is 1.04 bits per heavy atom. The molecular weight excluding hydrogens is 351 g/mol. The molecule has 3 rings (SSSR count). The molecule has 3 aromatic rings. The molecule has 0 radical (unpaired) electrons. The van der Waals surface area contributed by atoms with Crippen molar-refractivity contribution in [2.24, 2.45) is 0 Å². The largest absolute Gasteiger partial charge is 0.457 e. The van der Waals surface area contributed by atoms with Gasteiger partial charge in [-0.3, -0.25) is 10.1 Å². The van der Waals surface area contributed by atoms with E-state index in [2.05, 4.69) is 31.1 Å². The van der Waals surface area contributed by atoms with Crippen LogP contribution in [0, 0.1) is 5.82 Å². The van der Waals surface area contributed by atoms with E-state index in [0.717, 1.165) is 5.69 Å². The number of amides is 1. The minimum Gasteiger partial charge on any atom is -0.457 e. The summed E-state index contributed by atoms with van der Waals surface area (Å²) in [6.07, 6.45) is 0. The van der Waals surface area contributed by atoms with Gasteiger partial charge in [-0.2, -0.15) is 0 Å². The molecule has 0 aliphatic carbocycles. The fraction of sp³-hybridized carbons (Fsp3) is 0.200. The highest BCUT2D eigenvalue weighted by Gasteiger charge is 2.18. The van der Waals surface area contributed by atoms with Gasteiger partial charge >= 0.3 is 0 Å². The molecule has 0 saturated heterocycles. The molecule has 1 heterocycles. The van der Waals surface area contributed by atoms with Gasteiger partial charge < -0.3 is 4.74 Å². The summed E-state index contributed by atoms with van der Waals surface area (Å²) >= 11 is 1.41. The molecule has 0 unspecified atom stereocenters. The topological polar surface area (TPSA) is 51.2 Å². The number of anilines is 1. The lowest BCUT2D eigenvalue weighted by atomic mass is 9.93. The van der Waals surface area contributed by atoms with Crippen LogP contribution in [0.25, 0.3) is 0 Å². The van der Waals surface area contributed by atoms with E-state index in [4.69, 9.17) is 4.74 Å². The maximum atomic E-state index is 12.9. The van der Waals surface area contributed by atoms with Crippen LogP contribution in [0.4, 0.5) is 9.52 Å². The van der Waals surface area contributed by atoms with Gasteiger partial charge in [0.1, 0.15) is 17.3 Å². The number of hydrogen-bond donors (Lipinski definition) is 1. The standard InChI is InChI=1S/C20H19FN2O2S/c1-20(2,3)17-12-26-19(22-17)23-18(24)13-4-8-15(9-5-13)25-16-10-6-14(21)7-11-16/h4-12H,1-3H3,(H,22,23,24). The van der Waals surface area contributed by atoms with Gasteiger partial charge in [0.25, 0.3) is 5.91 Å². The number of thiazole rings is 1. The van der Waals surface area contributed by atoms with E-state index in [1.165, 1.54) is 23.5 Å². The van der Waals surface area contributed by atoms with Crippen molar-refractivity contribution in [2.75, 3.05) is 5.32 Å². The lowest BCUT2D eigenvalue weighted by Crippen LogP contribution is -2.14. The number of halogens is 1. The average Bonchev–Trinajstić information content (AvgIpc) is 3.06. The molecule has 2 aromatic carbocycles. The van der Waals surface area contributed by atoms with E-state index in [0.29, 0.717) is 22.2 Å². The van der Waals surface area contributed by atoms with Gasteiger partial charge in [-0.1, -0.05) is 20.8 Å². The zero-order valence-electron chi connectivity index (χ0n) is 14.7. The van der Waals surface area contributed by atoms with Crippen molar-refractivity contribution in [1.29, 1.82) is 0 Å². The van der Waals surface area contributed by atoms with Crippen LogP contribution in [0.1, 0.15) is 36.8 Å². The molecule has 1 amide bonds. The third kappa shape index (κ3) is 4.46. The molecule has 6 heteroatoms. The molecule has 0 atom stereocenters. The zero-order chi connectivity index (χ0) is 18.7. The van der Waals surface area contributed by atoms with E-state index in [9.17, 15) is 9.18 Å². The van der Waals surface area contributed by atoms with Gasteiger partial charge in [-0.15, -0.1) is 11.3 Å². The predicted molar refractivity (Wildman–Crippen MR) is 102 cm³/mol. The van der Waals surface area contributed by atoms with Crippen LogP contribution < -0.4 is 10.1 Å². The molecule has 0 aliphatic rings. The quantitative estimate of drug-likeness (QED) is 0.648. The van der Waals surface area contributed by atoms with E-state index in [-0.39, 0.29) is 17.1 Å². The highest BCUT2D eigenvalue weighted by atomic mass is 32.1. The first-order valence-corrected chi connectivity index (χ1v) is 9.00. The lowest BCUT2D eigenvalue weighted by Gasteiger charge is -2.14. The van der Waals surface area contributed by atoms with Crippen molar-refractivity contribution < 1.29 is 13.9 Å². The number of benzene rings is 2. The summed E-state index contributed by atoms with van der Waals surface area (Å²) in [6, 6.07) is 12.5. The van der Waals surface area contributed by atoms with Crippen molar-refractivity contribution in [1.82, 2.24) is 4.98 Å². The lowest BCUT2D eigenvalue weighted by molar-refractivity contribution is 0.102. The van der Waals surface area contributed by atoms with Crippen molar-refractivity contribution in [3.8, 4) is 11.5 Å². The van der Waals surface area contributed by atoms with Gasteiger partial charge in [0.05, 0.1) is 5.69 Å². The summed E-state index contributed by atoms with van der Waals surface area (Å²) in [5.74, 6) is 0.549. The first kappa shape index (κ1) is 18.1. The maximum Gasteiger partial charge on any atom is 0.257 e.